The van der Waals surface area contributed by atoms with Gasteiger partial charge < -0.3 is 19.6 Å². The molecule has 1 aromatic rings. The van der Waals surface area contributed by atoms with Crippen LogP contribution in [0.15, 0.2) is 24.3 Å². The van der Waals surface area contributed by atoms with Crippen molar-refractivity contribution in [3.8, 4) is 0 Å². The molecule has 0 atom stereocenters. The SMILES string of the molecule is CCCCCCCCCCCCN(C)CCN(C)C(=O)c1ccc(C(=O)N(C)CCN(C)CCCCCCCCCCCC)cc1. The molecule has 0 aliphatic heterocycles. The second kappa shape index (κ2) is 28.1. The number of carbonyl (C=O) groups is 2. The van der Waals surface area contributed by atoms with E-state index in [0.29, 0.717) is 24.2 Å². The Morgan fingerprint density at radius 3 is 0.935 bits per heavy atom. The van der Waals surface area contributed by atoms with Crippen LogP contribution in [-0.2, 0) is 0 Å². The van der Waals surface area contributed by atoms with Gasteiger partial charge in [-0.25, -0.2) is 0 Å². The number of nitrogens with zero attached hydrogens (tertiary/aromatic N) is 4. The third-order valence-electron chi connectivity index (χ3n) is 9.49. The van der Waals surface area contributed by atoms with Gasteiger partial charge in [0.15, 0.2) is 0 Å². The van der Waals surface area contributed by atoms with Crippen molar-refractivity contribution >= 4 is 11.8 Å². The zero-order valence-corrected chi connectivity index (χ0v) is 31.3. The van der Waals surface area contributed by atoms with E-state index in [9.17, 15) is 9.59 Å². The number of hydrogen-bond donors (Lipinski definition) is 0. The Morgan fingerprint density at radius 1 is 0.391 bits per heavy atom. The Kier molecular flexibility index (Phi) is 25.7. The number of unbranched alkanes of at least 4 members (excludes halogenated alkanes) is 18. The van der Waals surface area contributed by atoms with E-state index in [1.807, 2.05) is 14.1 Å². The van der Waals surface area contributed by atoms with Crippen LogP contribution in [0.25, 0.3) is 0 Å². The van der Waals surface area contributed by atoms with Crippen LogP contribution >= 0.6 is 0 Å². The second-order valence-electron chi connectivity index (χ2n) is 14.0. The molecule has 0 aliphatic rings. The molecule has 6 heteroatoms. The standard InChI is InChI=1S/C40H74N4O2/c1-7-9-11-13-15-17-19-21-23-25-31-41(3)33-35-43(5)39(45)37-27-29-38(30-28-37)40(46)44(6)36-34-42(4)32-26-24-22-20-18-16-14-12-10-8-2/h27-30H,7-26,31-36H2,1-6H3. The third kappa shape index (κ3) is 21.1. The minimum Gasteiger partial charge on any atom is -0.340 e. The number of likely N-dealkylation sites (N-methyl/N-ethyl adjacent to an activating group) is 4. The monoisotopic (exact) mass is 643 g/mol. The molecule has 6 nitrogen and oxygen atoms in total. The molecular formula is C40H74N4O2. The van der Waals surface area contributed by atoms with Crippen LogP contribution in [0, 0.1) is 0 Å². The van der Waals surface area contributed by atoms with Crippen LogP contribution < -0.4 is 0 Å². The lowest BCUT2D eigenvalue weighted by Crippen LogP contribution is -2.35. The number of amides is 2. The molecule has 0 bridgehead atoms. The van der Waals surface area contributed by atoms with E-state index in [1.54, 1.807) is 34.1 Å². The van der Waals surface area contributed by atoms with E-state index in [1.165, 1.54) is 128 Å². The van der Waals surface area contributed by atoms with Crippen molar-refractivity contribution in [1.82, 2.24) is 19.6 Å². The van der Waals surface area contributed by atoms with Gasteiger partial charge >= 0.3 is 0 Å². The van der Waals surface area contributed by atoms with Crippen LogP contribution in [0.5, 0.6) is 0 Å². The summed E-state index contributed by atoms with van der Waals surface area (Å²) in [6.07, 6.45) is 27.0. The highest BCUT2D eigenvalue weighted by atomic mass is 16.2. The lowest BCUT2D eigenvalue weighted by atomic mass is 10.1. The molecule has 0 aliphatic carbocycles. The van der Waals surface area contributed by atoms with Crippen molar-refractivity contribution in [3.05, 3.63) is 35.4 Å². The van der Waals surface area contributed by atoms with E-state index >= 15 is 0 Å². The van der Waals surface area contributed by atoms with Crippen LogP contribution in [0.4, 0.5) is 0 Å². The van der Waals surface area contributed by atoms with Gasteiger partial charge in [0.05, 0.1) is 0 Å². The smallest absolute Gasteiger partial charge is 0.253 e. The summed E-state index contributed by atoms with van der Waals surface area (Å²) in [5.41, 5.74) is 1.27. The predicted octanol–water partition coefficient (Wildman–Crippen LogP) is 9.54. The molecule has 46 heavy (non-hydrogen) atoms. The highest BCUT2D eigenvalue weighted by Gasteiger charge is 2.16. The van der Waals surface area contributed by atoms with Gasteiger partial charge in [0.25, 0.3) is 11.8 Å². The van der Waals surface area contributed by atoms with Crippen molar-refractivity contribution in [2.45, 2.75) is 142 Å². The fourth-order valence-corrected chi connectivity index (χ4v) is 6.00. The highest BCUT2D eigenvalue weighted by molar-refractivity contribution is 5.97. The van der Waals surface area contributed by atoms with Crippen molar-refractivity contribution in [2.24, 2.45) is 0 Å². The van der Waals surface area contributed by atoms with Gasteiger partial charge in [-0.2, -0.15) is 0 Å². The molecule has 1 rings (SSSR count). The average molecular weight is 643 g/mol. The van der Waals surface area contributed by atoms with E-state index in [2.05, 4.69) is 37.7 Å². The first-order valence-corrected chi connectivity index (χ1v) is 19.3. The van der Waals surface area contributed by atoms with Crippen molar-refractivity contribution in [3.63, 3.8) is 0 Å². The van der Waals surface area contributed by atoms with Crippen LogP contribution in [-0.4, -0.2) is 98.9 Å². The molecule has 0 saturated heterocycles. The lowest BCUT2D eigenvalue weighted by Gasteiger charge is -2.23. The average Bonchev–Trinajstić information content (AvgIpc) is 3.07. The molecule has 0 heterocycles. The Balaban J connectivity index is 2.21. The van der Waals surface area contributed by atoms with Crippen molar-refractivity contribution in [2.75, 3.05) is 67.5 Å². The first-order valence-electron chi connectivity index (χ1n) is 19.3. The summed E-state index contributed by atoms with van der Waals surface area (Å²) >= 11 is 0. The van der Waals surface area contributed by atoms with E-state index in [0.717, 1.165) is 26.2 Å². The number of hydrogen-bond acceptors (Lipinski definition) is 4. The maximum absolute atomic E-state index is 13.0. The van der Waals surface area contributed by atoms with E-state index in [-0.39, 0.29) is 11.8 Å². The third-order valence-corrected chi connectivity index (χ3v) is 9.49. The molecule has 0 aromatic heterocycles. The lowest BCUT2D eigenvalue weighted by molar-refractivity contribution is 0.0770. The molecule has 0 saturated carbocycles. The quantitative estimate of drug-likeness (QED) is 0.0784. The Labute approximate surface area is 285 Å². The minimum absolute atomic E-state index is 0.00767. The van der Waals surface area contributed by atoms with E-state index in [4.69, 9.17) is 0 Å². The molecule has 1 aromatic carbocycles. The molecule has 0 radical (unpaired) electrons. The molecule has 2 amide bonds. The van der Waals surface area contributed by atoms with Gasteiger partial charge in [0.2, 0.25) is 0 Å². The topological polar surface area (TPSA) is 47.1 Å². The van der Waals surface area contributed by atoms with Gasteiger partial charge in [0.1, 0.15) is 0 Å². The van der Waals surface area contributed by atoms with Crippen LogP contribution in [0.2, 0.25) is 0 Å². The number of rotatable bonds is 30. The number of carbonyl (C=O) groups excluding carboxylic acids is 2. The minimum atomic E-state index is 0.00767. The fraction of sp³-hybridized carbons (Fsp3) is 0.800. The maximum Gasteiger partial charge on any atom is 0.253 e. The van der Waals surface area contributed by atoms with Gasteiger partial charge in [-0.1, -0.05) is 129 Å². The number of benzene rings is 1. The van der Waals surface area contributed by atoms with Crippen molar-refractivity contribution < 1.29 is 9.59 Å². The highest BCUT2D eigenvalue weighted by Crippen LogP contribution is 2.13. The Hall–Kier alpha value is -1.92. The van der Waals surface area contributed by atoms with Gasteiger partial charge in [-0.3, -0.25) is 9.59 Å². The first kappa shape index (κ1) is 42.1. The molecular weight excluding hydrogens is 568 g/mol. The summed E-state index contributed by atoms with van der Waals surface area (Å²) in [6.45, 7) is 9.84. The summed E-state index contributed by atoms with van der Waals surface area (Å²) in [5, 5.41) is 0. The van der Waals surface area contributed by atoms with E-state index < -0.39 is 0 Å². The molecule has 0 N–H and O–H groups in total. The normalized spacial score (nSPS) is 11.5. The van der Waals surface area contributed by atoms with Gasteiger partial charge in [-0.15, -0.1) is 0 Å². The summed E-state index contributed by atoms with van der Waals surface area (Å²) in [5.74, 6) is 0.0153. The first-order chi connectivity index (χ1) is 22.3. The van der Waals surface area contributed by atoms with Crippen LogP contribution in [0.3, 0.4) is 0 Å². The second-order valence-corrected chi connectivity index (χ2v) is 14.0. The largest absolute Gasteiger partial charge is 0.340 e. The zero-order chi connectivity index (χ0) is 33.8. The van der Waals surface area contributed by atoms with Gasteiger partial charge in [-0.05, 0) is 64.3 Å². The molecule has 0 spiro atoms. The summed E-state index contributed by atoms with van der Waals surface area (Å²) in [6, 6.07) is 7.19. The van der Waals surface area contributed by atoms with Crippen molar-refractivity contribution in [1.29, 1.82) is 0 Å². The fourth-order valence-electron chi connectivity index (χ4n) is 6.00. The van der Waals surface area contributed by atoms with Crippen LogP contribution in [0.1, 0.15) is 163 Å². The Bertz CT molecular complexity index is 804. The maximum atomic E-state index is 13.0. The summed E-state index contributed by atoms with van der Waals surface area (Å²) in [4.78, 5) is 34.3. The zero-order valence-electron chi connectivity index (χ0n) is 31.3. The molecule has 266 valence electrons. The summed E-state index contributed by atoms with van der Waals surface area (Å²) < 4.78 is 0. The molecule has 0 fully saturated rings. The summed E-state index contributed by atoms with van der Waals surface area (Å²) in [7, 11) is 8.04. The van der Waals surface area contributed by atoms with Gasteiger partial charge in [0, 0.05) is 51.4 Å². The molecule has 0 unspecified atom stereocenters. The predicted molar refractivity (Wildman–Crippen MR) is 199 cm³/mol. The Morgan fingerprint density at radius 2 is 0.652 bits per heavy atom.